The topological polar surface area (TPSA) is 12.9 Å². The summed E-state index contributed by atoms with van der Waals surface area (Å²) in [6.07, 6.45) is 5.59. The molecule has 13 heavy (non-hydrogen) atoms. The Bertz CT molecular complexity index is 292. The Kier molecular flexibility index (Phi) is 4.05. The maximum atomic E-state index is 4.09. The normalized spacial score (nSPS) is 11.5. The van der Waals surface area contributed by atoms with Gasteiger partial charge in [0.05, 0.1) is 0 Å². The van der Waals surface area contributed by atoms with Gasteiger partial charge >= 0.3 is 0 Å². The number of nitrogens with zero attached hydrogens (tertiary/aromatic N) is 1. The average molecular weight is 173 g/mol. The van der Waals surface area contributed by atoms with Crippen LogP contribution in [0.5, 0.6) is 0 Å². The van der Waals surface area contributed by atoms with Gasteiger partial charge in [0, 0.05) is 25.2 Å². The monoisotopic (exact) mass is 173 g/mol. The van der Waals surface area contributed by atoms with Crippen LogP contribution in [0.4, 0.5) is 0 Å². The molecule has 1 nitrogen and oxygen atoms in total. The first-order valence-corrected chi connectivity index (χ1v) is 4.70. The Balaban J connectivity index is 2.54. The van der Waals surface area contributed by atoms with Crippen molar-refractivity contribution in [2.45, 2.75) is 32.6 Å². The van der Waals surface area contributed by atoms with Crippen LogP contribution in [-0.2, 0) is 0 Å². The van der Waals surface area contributed by atoms with Gasteiger partial charge in [0.25, 0.3) is 0 Å². The predicted octanol–water partition coefficient (Wildman–Crippen LogP) is 2.99. The minimum absolute atomic E-state index is 0.493. The zero-order valence-corrected chi connectivity index (χ0v) is 8.25. The molecule has 1 aromatic heterocycles. The fourth-order valence-electron chi connectivity index (χ4n) is 1.14. The van der Waals surface area contributed by atoms with Gasteiger partial charge in [-0.1, -0.05) is 19.9 Å². The molecule has 0 aromatic carbocycles. The summed E-state index contributed by atoms with van der Waals surface area (Å²) >= 11 is 0. The van der Waals surface area contributed by atoms with Gasteiger partial charge in [0.2, 0.25) is 0 Å². The average Bonchev–Trinajstić information content (AvgIpc) is 2.19. The largest absolute Gasteiger partial charge is 0.264 e. The van der Waals surface area contributed by atoms with Gasteiger partial charge in [-0.15, -0.1) is 11.8 Å². The second-order valence-corrected chi connectivity index (χ2v) is 3.10. The van der Waals surface area contributed by atoms with Crippen molar-refractivity contribution >= 4 is 0 Å². The third-order valence-corrected chi connectivity index (χ3v) is 1.96. The van der Waals surface area contributed by atoms with Crippen LogP contribution in [0.25, 0.3) is 0 Å². The van der Waals surface area contributed by atoms with Crippen LogP contribution in [0.15, 0.2) is 24.5 Å². The molecule has 0 saturated carbocycles. The van der Waals surface area contributed by atoms with Gasteiger partial charge in [0.15, 0.2) is 0 Å². The van der Waals surface area contributed by atoms with Crippen LogP contribution in [0.2, 0.25) is 0 Å². The second kappa shape index (κ2) is 5.37. The highest BCUT2D eigenvalue weighted by atomic mass is 14.6. The van der Waals surface area contributed by atoms with Crippen molar-refractivity contribution in [3.8, 4) is 11.8 Å². The molecule has 0 aliphatic carbocycles. The van der Waals surface area contributed by atoms with Crippen LogP contribution >= 0.6 is 0 Å². The lowest BCUT2D eigenvalue weighted by molar-refractivity contribution is 0.789. The molecule has 0 spiro atoms. The molecule has 0 saturated heterocycles. The lowest BCUT2D eigenvalue weighted by Gasteiger charge is -2.05. The summed E-state index contributed by atoms with van der Waals surface area (Å²) < 4.78 is 0. The minimum Gasteiger partial charge on any atom is -0.264 e. The standard InChI is InChI=1S/C12H15N/c1-3-4-5-7-11(2)12-8-6-9-13-10-12/h6,8-11H,3,7H2,1-2H3. The van der Waals surface area contributed by atoms with Crippen molar-refractivity contribution in [2.24, 2.45) is 0 Å². The van der Waals surface area contributed by atoms with E-state index in [1.165, 1.54) is 5.56 Å². The van der Waals surface area contributed by atoms with E-state index in [9.17, 15) is 0 Å². The molecule has 68 valence electrons. The van der Waals surface area contributed by atoms with Crippen LogP contribution in [-0.4, -0.2) is 4.98 Å². The molecule has 1 aromatic rings. The first-order chi connectivity index (χ1) is 6.34. The van der Waals surface area contributed by atoms with E-state index in [4.69, 9.17) is 0 Å². The molecule has 0 fully saturated rings. The highest BCUT2D eigenvalue weighted by Gasteiger charge is 2.01. The molecule has 0 amide bonds. The van der Waals surface area contributed by atoms with Crippen LogP contribution in [0.3, 0.4) is 0 Å². The summed E-state index contributed by atoms with van der Waals surface area (Å²) in [5.74, 6) is 6.73. The van der Waals surface area contributed by atoms with Gasteiger partial charge < -0.3 is 0 Å². The summed E-state index contributed by atoms with van der Waals surface area (Å²) in [6.45, 7) is 4.25. The van der Waals surface area contributed by atoms with Gasteiger partial charge in [-0.25, -0.2) is 0 Å². The Morgan fingerprint density at radius 3 is 2.92 bits per heavy atom. The summed E-state index contributed by atoms with van der Waals surface area (Å²) in [5.41, 5.74) is 1.27. The van der Waals surface area contributed by atoms with Crippen molar-refractivity contribution in [1.29, 1.82) is 0 Å². The zero-order valence-electron chi connectivity index (χ0n) is 8.25. The first kappa shape index (κ1) is 9.80. The number of aromatic nitrogens is 1. The molecule has 0 aliphatic heterocycles. The molecule has 1 heterocycles. The van der Waals surface area contributed by atoms with Crippen LogP contribution in [0.1, 0.15) is 38.2 Å². The lowest BCUT2D eigenvalue weighted by Crippen LogP contribution is -1.91. The number of hydrogen-bond donors (Lipinski definition) is 0. The van der Waals surface area contributed by atoms with E-state index in [2.05, 4.69) is 36.7 Å². The summed E-state index contributed by atoms with van der Waals surface area (Å²) in [6, 6.07) is 4.07. The van der Waals surface area contributed by atoms with Crippen molar-refractivity contribution in [1.82, 2.24) is 4.98 Å². The van der Waals surface area contributed by atoms with E-state index >= 15 is 0 Å². The quantitative estimate of drug-likeness (QED) is 0.626. The van der Waals surface area contributed by atoms with E-state index in [1.54, 1.807) is 6.20 Å². The summed E-state index contributed by atoms with van der Waals surface area (Å²) in [4.78, 5) is 4.09. The third-order valence-electron chi connectivity index (χ3n) is 1.96. The molecular formula is C12H15N. The van der Waals surface area contributed by atoms with Gasteiger partial charge in [0.1, 0.15) is 0 Å². The number of pyridine rings is 1. The minimum atomic E-state index is 0.493. The highest BCUT2D eigenvalue weighted by Crippen LogP contribution is 2.16. The molecule has 0 radical (unpaired) electrons. The molecule has 1 atom stereocenters. The molecule has 0 N–H and O–H groups in total. The van der Waals surface area contributed by atoms with Gasteiger partial charge in [-0.05, 0) is 17.5 Å². The fraction of sp³-hybridized carbons (Fsp3) is 0.417. The maximum absolute atomic E-state index is 4.09. The van der Waals surface area contributed by atoms with Crippen LogP contribution < -0.4 is 0 Å². The lowest BCUT2D eigenvalue weighted by atomic mass is 10.0. The van der Waals surface area contributed by atoms with Crippen LogP contribution in [0, 0.1) is 11.8 Å². The van der Waals surface area contributed by atoms with E-state index in [0.29, 0.717) is 5.92 Å². The molecular weight excluding hydrogens is 158 g/mol. The van der Waals surface area contributed by atoms with Crippen molar-refractivity contribution in [3.63, 3.8) is 0 Å². The molecule has 0 aliphatic rings. The number of rotatable bonds is 2. The first-order valence-electron chi connectivity index (χ1n) is 4.70. The zero-order chi connectivity index (χ0) is 9.52. The second-order valence-electron chi connectivity index (χ2n) is 3.10. The maximum Gasteiger partial charge on any atom is 0.0302 e. The predicted molar refractivity (Wildman–Crippen MR) is 55.3 cm³/mol. The Morgan fingerprint density at radius 1 is 1.46 bits per heavy atom. The number of hydrogen-bond acceptors (Lipinski definition) is 1. The van der Waals surface area contributed by atoms with Gasteiger partial charge in [-0.3, -0.25) is 4.98 Å². The Labute approximate surface area is 80.2 Å². The summed E-state index contributed by atoms with van der Waals surface area (Å²) in [7, 11) is 0. The molecule has 0 bridgehead atoms. The molecule has 1 heteroatoms. The Morgan fingerprint density at radius 2 is 2.31 bits per heavy atom. The van der Waals surface area contributed by atoms with E-state index in [-0.39, 0.29) is 0 Å². The smallest absolute Gasteiger partial charge is 0.0302 e. The Hall–Kier alpha value is -1.29. The molecule has 1 unspecified atom stereocenters. The SMILES string of the molecule is CCC#CCC(C)c1cccnc1. The van der Waals surface area contributed by atoms with E-state index in [1.807, 2.05) is 12.3 Å². The van der Waals surface area contributed by atoms with Gasteiger partial charge in [-0.2, -0.15) is 0 Å². The van der Waals surface area contributed by atoms with Crippen molar-refractivity contribution < 1.29 is 0 Å². The fourth-order valence-corrected chi connectivity index (χ4v) is 1.14. The third kappa shape index (κ3) is 3.29. The van der Waals surface area contributed by atoms with E-state index < -0.39 is 0 Å². The van der Waals surface area contributed by atoms with E-state index in [0.717, 1.165) is 12.8 Å². The van der Waals surface area contributed by atoms with Crippen molar-refractivity contribution in [2.75, 3.05) is 0 Å². The van der Waals surface area contributed by atoms with Crippen molar-refractivity contribution in [3.05, 3.63) is 30.1 Å². The molecule has 1 rings (SSSR count). The highest BCUT2D eigenvalue weighted by molar-refractivity contribution is 5.16. The summed E-state index contributed by atoms with van der Waals surface area (Å²) in [5, 5.41) is 0.